The van der Waals surface area contributed by atoms with Crippen LogP contribution in [0.2, 0.25) is 0 Å². The predicted octanol–water partition coefficient (Wildman–Crippen LogP) is 3.86. The number of ether oxygens (including phenoxy) is 1. The van der Waals surface area contributed by atoms with E-state index >= 15 is 0 Å². The molecule has 0 fully saturated rings. The fourth-order valence-electron chi connectivity index (χ4n) is 2.36. The van der Waals surface area contributed by atoms with Gasteiger partial charge in [0.25, 0.3) is 0 Å². The lowest BCUT2D eigenvalue weighted by molar-refractivity contribution is 0.364. The van der Waals surface area contributed by atoms with Gasteiger partial charge in [-0.2, -0.15) is 0 Å². The van der Waals surface area contributed by atoms with Gasteiger partial charge >= 0.3 is 0 Å². The number of para-hydroxylation sites is 1. The largest absolute Gasteiger partial charge is 0.481 e. The standard InChI is InChI=1S/C19H21NO/c1-4-13-21-19-12-8-6-10-17(19)14-20-16(3)18-11-7-5-9-15(18)2/h1,5-12,16,20H,13-14H2,2-3H3/t16-/m1/s1. The van der Waals surface area contributed by atoms with Crippen molar-refractivity contribution in [3.05, 3.63) is 65.2 Å². The van der Waals surface area contributed by atoms with Crippen molar-refractivity contribution in [2.24, 2.45) is 0 Å². The number of hydrogen-bond acceptors (Lipinski definition) is 2. The van der Waals surface area contributed by atoms with E-state index in [1.54, 1.807) is 0 Å². The zero-order valence-corrected chi connectivity index (χ0v) is 12.6. The van der Waals surface area contributed by atoms with Gasteiger partial charge in [-0.25, -0.2) is 0 Å². The second kappa shape index (κ2) is 7.52. The van der Waals surface area contributed by atoms with E-state index < -0.39 is 0 Å². The van der Waals surface area contributed by atoms with Gasteiger partial charge in [0.05, 0.1) is 0 Å². The molecule has 2 aromatic rings. The van der Waals surface area contributed by atoms with E-state index in [2.05, 4.69) is 55.4 Å². The zero-order valence-electron chi connectivity index (χ0n) is 12.6. The Labute approximate surface area is 127 Å². The Bertz CT molecular complexity index is 627. The second-order valence-electron chi connectivity index (χ2n) is 5.06. The van der Waals surface area contributed by atoms with Gasteiger partial charge in [0.15, 0.2) is 0 Å². The van der Waals surface area contributed by atoms with Gasteiger partial charge in [-0.05, 0) is 31.0 Å². The molecule has 0 bridgehead atoms. The summed E-state index contributed by atoms with van der Waals surface area (Å²) in [6, 6.07) is 16.7. The third kappa shape index (κ3) is 4.11. The molecule has 108 valence electrons. The molecule has 2 heteroatoms. The summed E-state index contributed by atoms with van der Waals surface area (Å²) in [5.74, 6) is 3.35. The molecule has 0 heterocycles. The summed E-state index contributed by atoms with van der Waals surface area (Å²) >= 11 is 0. The van der Waals surface area contributed by atoms with Crippen LogP contribution in [-0.2, 0) is 6.54 Å². The summed E-state index contributed by atoms with van der Waals surface area (Å²) in [5, 5.41) is 3.54. The van der Waals surface area contributed by atoms with Crippen molar-refractivity contribution >= 4 is 0 Å². The molecule has 0 saturated heterocycles. The van der Waals surface area contributed by atoms with Crippen molar-refractivity contribution in [3.63, 3.8) is 0 Å². The Morgan fingerprint density at radius 1 is 1.14 bits per heavy atom. The molecule has 2 aromatic carbocycles. The van der Waals surface area contributed by atoms with Crippen LogP contribution in [0.5, 0.6) is 5.75 Å². The van der Waals surface area contributed by atoms with E-state index in [-0.39, 0.29) is 6.04 Å². The lowest BCUT2D eigenvalue weighted by Gasteiger charge is -2.18. The highest BCUT2D eigenvalue weighted by molar-refractivity contribution is 5.34. The van der Waals surface area contributed by atoms with Gasteiger partial charge in [0, 0.05) is 18.2 Å². The Morgan fingerprint density at radius 3 is 2.62 bits per heavy atom. The van der Waals surface area contributed by atoms with Gasteiger partial charge in [-0.15, -0.1) is 6.42 Å². The Hall–Kier alpha value is -2.24. The summed E-state index contributed by atoms with van der Waals surface area (Å²) in [7, 11) is 0. The summed E-state index contributed by atoms with van der Waals surface area (Å²) in [5.41, 5.74) is 3.74. The van der Waals surface area contributed by atoms with Crippen molar-refractivity contribution in [2.75, 3.05) is 6.61 Å². The van der Waals surface area contributed by atoms with E-state index in [9.17, 15) is 0 Å². The second-order valence-corrected chi connectivity index (χ2v) is 5.06. The normalized spacial score (nSPS) is 11.7. The molecule has 0 radical (unpaired) electrons. The fourth-order valence-corrected chi connectivity index (χ4v) is 2.36. The number of benzene rings is 2. The van der Waals surface area contributed by atoms with Crippen LogP contribution in [-0.4, -0.2) is 6.61 Å². The molecule has 0 unspecified atom stereocenters. The van der Waals surface area contributed by atoms with Crippen molar-refractivity contribution in [3.8, 4) is 18.1 Å². The van der Waals surface area contributed by atoms with Crippen LogP contribution in [0.4, 0.5) is 0 Å². The fraction of sp³-hybridized carbons (Fsp3) is 0.263. The van der Waals surface area contributed by atoms with Crippen molar-refractivity contribution in [1.29, 1.82) is 0 Å². The minimum atomic E-state index is 0.284. The van der Waals surface area contributed by atoms with Crippen LogP contribution >= 0.6 is 0 Å². The zero-order chi connectivity index (χ0) is 15.1. The predicted molar refractivity (Wildman–Crippen MR) is 87.2 cm³/mol. The smallest absolute Gasteiger partial charge is 0.148 e. The highest BCUT2D eigenvalue weighted by Crippen LogP contribution is 2.21. The molecule has 2 nitrogen and oxygen atoms in total. The lowest BCUT2D eigenvalue weighted by atomic mass is 10.0. The third-order valence-corrected chi connectivity index (χ3v) is 3.54. The molecule has 0 aliphatic carbocycles. The molecule has 1 atom stereocenters. The molecular weight excluding hydrogens is 258 g/mol. The van der Waals surface area contributed by atoms with E-state index in [0.717, 1.165) is 17.9 Å². The minimum absolute atomic E-state index is 0.284. The van der Waals surface area contributed by atoms with Crippen LogP contribution in [0.15, 0.2) is 48.5 Å². The number of rotatable bonds is 6. The topological polar surface area (TPSA) is 21.3 Å². The summed E-state index contributed by atoms with van der Waals surface area (Å²) < 4.78 is 5.57. The molecule has 0 aliphatic heterocycles. The van der Waals surface area contributed by atoms with Crippen LogP contribution in [0.1, 0.15) is 29.7 Å². The van der Waals surface area contributed by atoms with E-state index in [1.807, 2.05) is 18.2 Å². The van der Waals surface area contributed by atoms with Crippen molar-refractivity contribution in [1.82, 2.24) is 5.32 Å². The van der Waals surface area contributed by atoms with Crippen molar-refractivity contribution < 1.29 is 4.74 Å². The van der Waals surface area contributed by atoms with E-state index in [4.69, 9.17) is 11.2 Å². The van der Waals surface area contributed by atoms with Crippen molar-refractivity contribution in [2.45, 2.75) is 26.4 Å². The van der Waals surface area contributed by atoms with Crippen LogP contribution in [0, 0.1) is 19.3 Å². The Balaban J connectivity index is 2.03. The van der Waals surface area contributed by atoms with E-state index in [0.29, 0.717) is 6.61 Å². The Morgan fingerprint density at radius 2 is 1.86 bits per heavy atom. The van der Waals surface area contributed by atoms with Gasteiger partial charge in [-0.3, -0.25) is 0 Å². The summed E-state index contributed by atoms with van der Waals surface area (Å²) in [6.45, 7) is 5.35. The maximum absolute atomic E-state index is 5.57. The first kappa shape index (κ1) is 15.2. The van der Waals surface area contributed by atoms with Gasteiger partial charge in [0.1, 0.15) is 12.4 Å². The van der Waals surface area contributed by atoms with Crippen LogP contribution in [0.25, 0.3) is 0 Å². The van der Waals surface area contributed by atoms with E-state index in [1.165, 1.54) is 11.1 Å². The average Bonchev–Trinajstić information content (AvgIpc) is 2.52. The van der Waals surface area contributed by atoms with Gasteiger partial charge < -0.3 is 10.1 Å². The molecule has 0 spiro atoms. The molecule has 0 aliphatic rings. The third-order valence-electron chi connectivity index (χ3n) is 3.54. The summed E-state index contributed by atoms with van der Waals surface area (Å²) in [4.78, 5) is 0. The Kier molecular flexibility index (Phi) is 5.43. The van der Waals surface area contributed by atoms with Gasteiger partial charge in [0.2, 0.25) is 0 Å². The maximum Gasteiger partial charge on any atom is 0.148 e. The first-order valence-electron chi connectivity index (χ1n) is 7.15. The molecule has 1 N–H and O–H groups in total. The van der Waals surface area contributed by atoms with Gasteiger partial charge in [-0.1, -0.05) is 48.4 Å². The number of terminal acetylenes is 1. The molecule has 21 heavy (non-hydrogen) atoms. The highest BCUT2D eigenvalue weighted by Gasteiger charge is 2.09. The monoisotopic (exact) mass is 279 g/mol. The number of hydrogen-bond donors (Lipinski definition) is 1. The maximum atomic E-state index is 5.57. The average molecular weight is 279 g/mol. The molecule has 0 aromatic heterocycles. The number of nitrogens with one attached hydrogen (secondary N) is 1. The quantitative estimate of drug-likeness (QED) is 0.811. The lowest BCUT2D eigenvalue weighted by Crippen LogP contribution is -2.19. The number of aryl methyl sites for hydroxylation is 1. The SMILES string of the molecule is C#CCOc1ccccc1CN[C@H](C)c1ccccc1C. The minimum Gasteiger partial charge on any atom is -0.481 e. The molecule has 0 saturated carbocycles. The molecule has 0 amide bonds. The highest BCUT2D eigenvalue weighted by atomic mass is 16.5. The van der Waals surface area contributed by atoms with Crippen LogP contribution < -0.4 is 10.1 Å². The first-order chi connectivity index (χ1) is 10.2. The van der Waals surface area contributed by atoms with Crippen LogP contribution in [0.3, 0.4) is 0 Å². The summed E-state index contributed by atoms with van der Waals surface area (Å²) in [6.07, 6.45) is 5.25. The molecular formula is C19H21NO. The first-order valence-corrected chi connectivity index (χ1v) is 7.15. The molecule has 2 rings (SSSR count).